The molecule has 2 aromatic rings. The van der Waals surface area contributed by atoms with E-state index in [9.17, 15) is 0 Å². The van der Waals surface area contributed by atoms with Crippen molar-refractivity contribution in [1.82, 2.24) is 9.88 Å². The Morgan fingerprint density at radius 3 is 2.35 bits per heavy atom. The van der Waals surface area contributed by atoms with E-state index in [2.05, 4.69) is 60.3 Å². The second-order valence-electron chi connectivity index (χ2n) is 5.30. The van der Waals surface area contributed by atoms with E-state index in [1.54, 1.807) is 0 Å². The predicted molar refractivity (Wildman–Crippen MR) is 83.4 cm³/mol. The van der Waals surface area contributed by atoms with Gasteiger partial charge in [0.15, 0.2) is 0 Å². The summed E-state index contributed by atoms with van der Waals surface area (Å²) in [6.45, 7) is 3.05. The van der Waals surface area contributed by atoms with Crippen LogP contribution in [0, 0.1) is 0 Å². The number of nitrogens with zero attached hydrogens (tertiary/aromatic N) is 2. The summed E-state index contributed by atoms with van der Waals surface area (Å²) in [5, 5.41) is 0. The lowest BCUT2D eigenvalue weighted by Gasteiger charge is -2.31. The highest BCUT2D eigenvalue weighted by Crippen LogP contribution is 2.22. The second kappa shape index (κ2) is 7.17. The van der Waals surface area contributed by atoms with Crippen LogP contribution >= 0.6 is 0 Å². The highest BCUT2D eigenvalue weighted by atomic mass is 15.1. The number of hydrogen-bond donors (Lipinski definition) is 1. The molecular formula is C17H23N3. The molecule has 0 saturated heterocycles. The van der Waals surface area contributed by atoms with Gasteiger partial charge in [0.25, 0.3) is 0 Å². The maximum absolute atomic E-state index is 6.19. The molecule has 3 nitrogen and oxygen atoms in total. The summed E-state index contributed by atoms with van der Waals surface area (Å²) < 4.78 is 0. The molecule has 3 heteroatoms. The van der Waals surface area contributed by atoms with Crippen LogP contribution in [0.5, 0.6) is 0 Å². The SMILES string of the molecule is CC(N)C(c1ccccc1)N(C)CCc1ccncc1. The highest BCUT2D eigenvalue weighted by Gasteiger charge is 2.20. The summed E-state index contributed by atoms with van der Waals surface area (Å²) in [6.07, 6.45) is 4.69. The molecule has 0 amide bonds. The number of hydrogen-bond acceptors (Lipinski definition) is 3. The van der Waals surface area contributed by atoms with E-state index in [0.717, 1.165) is 13.0 Å². The number of aromatic nitrogens is 1. The molecule has 1 heterocycles. The largest absolute Gasteiger partial charge is 0.326 e. The average molecular weight is 269 g/mol. The number of nitrogens with two attached hydrogens (primary N) is 1. The normalized spacial score (nSPS) is 14.2. The Balaban J connectivity index is 2.03. The van der Waals surface area contributed by atoms with E-state index >= 15 is 0 Å². The summed E-state index contributed by atoms with van der Waals surface area (Å²) >= 11 is 0. The molecule has 0 spiro atoms. The van der Waals surface area contributed by atoms with Gasteiger partial charge in [0.2, 0.25) is 0 Å². The van der Waals surface area contributed by atoms with Crippen LogP contribution in [0.3, 0.4) is 0 Å². The molecule has 0 saturated carbocycles. The van der Waals surface area contributed by atoms with Crippen LogP contribution in [0.2, 0.25) is 0 Å². The standard InChI is InChI=1S/C17H23N3/c1-14(18)17(16-6-4-3-5-7-16)20(2)13-10-15-8-11-19-12-9-15/h3-9,11-12,14,17H,10,13,18H2,1-2H3. The Kier molecular flexibility index (Phi) is 5.27. The van der Waals surface area contributed by atoms with E-state index in [1.165, 1.54) is 11.1 Å². The quantitative estimate of drug-likeness (QED) is 0.876. The van der Waals surface area contributed by atoms with Crippen LogP contribution < -0.4 is 5.73 Å². The summed E-state index contributed by atoms with van der Waals surface area (Å²) in [5.74, 6) is 0. The van der Waals surface area contributed by atoms with Gasteiger partial charge in [-0.15, -0.1) is 0 Å². The molecule has 1 aromatic heterocycles. The first-order chi connectivity index (χ1) is 9.68. The zero-order valence-corrected chi connectivity index (χ0v) is 12.2. The van der Waals surface area contributed by atoms with Crippen molar-refractivity contribution >= 4 is 0 Å². The van der Waals surface area contributed by atoms with Gasteiger partial charge in [-0.2, -0.15) is 0 Å². The third-order valence-electron chi connectivity index (χ3n) is 3.62. The minimum absolute atomic E-state index is 0.0971. The topological polar surface area (TPSA) is 42.1 Å². The Bertz CT molecular complexity index is 496. The molecule has 0 aliphatic rings. The van der Waals surface area contributed by atoms with Crippen molar-refractivity contribution in [3.63, 3.8) is 0 Å². The van der Waals surface area contributed by atoms with Gasteiger partial charge >= 0.3 is 0 Å². The molecule has 0 radical (unpaired) electrons. The molecule has 0 aliphatic heterocycles. The fraction of sp³-hybridized carbons (Fsp3) is 0.353. The van der Waals surface area contributed by atoms with Gasteiger partial charge in [-0.3, -0.25) is 9.88 Å². The maximum Gasteiger partial charge on any atom is 0.0493 e. The Labute approximate surface area is 121 Å². The summed E-state index contributed by atoms with van der Waals surface area (Å²) in [7, 11) is 2.14. The fourth-order valence-electron chi connectivity index (χ4n) is 2.60. The third kappa shape index (κ3) is 3.89. The zero-order valence-electron chi connectivity index (χ0n) is 12.2. The van der Waals surface area contributed by atoms with E-state index in [4.69, 9.17) is 5.73 Å². The molecule has 0 aliphatic carbocycles. The zero-order chi connectivity index (χ0) is 14.4. The highest BCUT2D eigenvalue weighted by molar-refractivity contribution is 5.20. The molecule has 2 unspecified atom stereocenters. The summed E-state index contributed by atoms with van der Waals surface area (Å²) in [6, 6.07) is 15.0. The molecule has 1 aromatic carbocycles. The molecule has 0 fully saturated rings. The van der Waals surface area contributed by atoms with E-state index < -0.39 is 0 Å². The minimum Gasteiger partial charge on any atom is -0.326 e. The molecule has 2 atom stereocenters. The monoisotopic (exact) mass is 269 g/mol. The van der Waals surface area contributed by atoms with Crippen LogP contribution in [-0.4, -0.2) is 29.5 Å². The average Bonchev–Trinajstić information content (AvgIpc) is 2.47. The molecule has 2 N–H and O–H groups in total. The Morgan fingerprint density at radius 1 is 1.10 bits per heavy atom. The van der Waals surface area contributed by atoms with Crippen LogP contribution in [0.4, 0.5) is 0 Å². The lowest BCUT2D eigenvalue weighted by atomic mass is 9.99. The number of pyridine rings is 1. The van der Waals surface area contributed by atoms with E-state index in [-0.39, 0.29) is 12.1 Å². The van der Waals surface area contributed by atoms with E-state index in [0.29, 0.717) is 0 Å². The van der Waals surface area contributed by atoms with Crippen molar-refractivity contribution in [3.05, 3.63) is 66.0 Å². The van der Waals surface area contributed by atoms with E-state index in [1.807, 2.05) is 18.5 Å². The fourth-order valence-corrected chi connectivity index (χ4v) is 2.60. The molecule has 0 bridgehead atoms. The van der Waals surface area contributed by atoms with Gasteiger partial charge in [0, 0.05) is 31.0 Å². The van der Waals surface area contributed by atoms with Crippen molar-refractivity contribution in [2.45, 2.75) is 25.4 Å². The van der Waals surface area contributed by atoms with Gasteiger partial charge < -0.3 is 5.73 Å². The number of benzene rings is 1. The minimum atomic E-state index is 0.0971. The smallest absolute Gasteiger partial charge is 0.0493 e. The van der Waals surface area contributed by atoms with Crippen LogP contribution in [0.25, 0.3) is 0 Å². The van der Waals surface area contributed by atoms with Gasteiger partial charge in [-0.25, -0.2) is 0 Å². The molecular weight excluding hydrogens is 246 g/mol. The maximum atomic E-state index is 6.19. The summed E-state index contributed by atoms with van der Waals surface area (Å²) in [5.41, 5.74) is 8.77. The molecule has 106 valence electrons. The van der Waals surface area contributed by atoms with Crippen LogP contribution in [-0.2, 0) is 6.42 Å². The first-order valence-electron chi connectivity index (χ1n) is 7.08. The third-order valence-corrected chi connectivity index (χ3v) is 3.62. The lowest BCUT2D eigenvalue weighted by molar-refractivity contribution is 0.221. The van der Waals surface area contributed by atoms with Gasteiger partial charge in [-0.05, 0) is 43.7 Å². The van der Waals surface area contributed by atoms with Crippen molar-refractivity contribution in [2.24, 2.45) is 5.73 Å². The number of likely N-dealkylation sites (N-methyl/N-ethyl adjacent to an activating group) is 1. The Hall–Kier alpha value is -1.71. The van der Waals surface area contributed by atoms with Crippen LogP contribution in [0.1, 0.15) is 24.1 Å². The van der Waals surface area contributed by atoms with Crippen molar-refractivity contribution < 1.29 is 0 Å². The number of rotatable bonds is 6. The Morgan fingerprint density at radius 2 is 1.75 bits per heavy atom. The lowest BCUT2D eigenvalue weighted by Crippen LogP contribution is -2.38. The first-order valence-corrected chi connectivity index (χ1v) is 7.08. The first kappa shape index (κ1) is 14.7. The predicted octanol–water partition coefficient (Wildman–Crippen LogP) is 2.64. The van der Waals surface area contributed by atoms with Gasteiger partial charge in [0.05, 0.1) is 0 Å². The summed E-state index contributed by atoms with van der Waals surface area (Å²) in [4.78, 5) is 6.38. The molecule has 20 heavy (non-hydrogen) atoms. The van der Waals surface area contributed by atoms with Crippen LogP contribution in [0.15, 0.2) is 54.9 Å². The molecule has 2 rings (SSSR count). The van der Waals surface area contributed by atoms with Gasteiger partial charge in [-0.1, -0.05) is 30.3 Å². The van der Waals surface area contributed by atoms with Crippen molar-refractivity contribution in [1.29, 1.82) is 0 Å². The van der Waals surface area contributed by atoms with Crippen molar-refractivity contribution in [2.75, 3.05) is 13.6 Å². The van der Waals surface area contributed by atoms with Crippen molar-refractivity contribution in [3.8, 4) is 0 Å². The van der Waals surface area contributed by atoms with Gasteiger partial charge in [0.1, 0.15) is 0 Å². The second-order valence-corrected chi connectivity index (χ2v) is 5.30.